The minimum Gasteiger partial charge on any atom is -0.481 e. The van der Waals surface area contributed by atoms with E-state index in [1.807, 2.05) is 0 Å². The van der Waals surface area contributed by atoms with Gasteiger partial charge in [0.05, 0.1) is 21.3 Å². The Morgan fingerprint density at radius 2 is 1.78 bits per heavy atom. The summed E-state index contributed by atoms with van der Waals surface area (Å²) >= 11 is 0. The summed E-state index contributed by atoms with van der Waals surface area (Å²) < 4.78 is 0. The lowest BCUT2D eigenvalue weighted by molar-refractivity contribution is -0.394. The first-order chi connectivity index (χ1) is 8.17. The van der Waals surface area contributed by atoms with Gasteiger partial charge >= 0.3 is 5.97 Å². The standard InChI is InChI=1S/C10H10N2O6/c1-10(2,9(13)14)7-4-3-6(11(15)16)5-8(7)12(17)18/h3-5H,1-2H3,(H,13,14). The van der Waals surface area contributed by atoms with Crippen LogP contribution in [0.5, 0.6) is 0 Å². The van der Waals surface area contributed by atoms with Crippen molar-refractivity contribution >= 4 is 17.3 Å². The molecule has 0 unspecified atom stereocenters. The van der Waals surface area contributed by atoms with Gasteiger partial charge in [-0.1, -0.05) is 0 Å². The van der Waals surface area contributed by atoms with Gasteiger partial charge in [0, 0.05) is 11.6 Å². The Balaban J connectivity index is 3.51. The molecule has 0 bridgehead atoms. The van der Waals surface area contributed by atoms with Gasteiger partial charge in [0.15, 0.2) is 0 Å². The Labute approximate surface area is 101 Å². The van der Waals surface area contributed by atoms with Crippen LogP contribution in [0.4, 0.5) is 11.4 Å². The molecule has 1 rings (SSSR count). The van der Waals surface area contributed by atoms with Crippen molar-refractivity contribution in [3.8, 4) is 0 Å². The van der Waals surface area contributed by atoms with E-state index in [0.717, 1.165) is 18.2 Å². The molecule has 0 amide bonds. The second-order valence-electron chi connectivity index (χ2n) is 4.15. The van der Waals surface area contributed by atoms with Gasteiger partial charge in [0.2, 0.25) is 0 Å². The van der Waals surface area contributed by atoms with Gasteiger partial charge < -0.3 is 5.11 Å². The summed E-state index contributed by atoms with van der Waals surface area (Å²) in [6.45, 7) is 2.59. The van der Waals surface area contributed by atoms with Crippen LogP contribution in [0.15, 0.2) is 18.2 Å². The first kappa shape index (κ1) is 13.6. The molecule has 0 aromatic heterocycles. The van der Waals surface area contributed by atoms with E-state index in [4.69, 9.17) is 5.11 Å². The Morgan fingerprint density at radius 1 is 1.22 bits per heavy atom. The smallest absolute Gasteiger partial charge is 0.313 e. The van der Waals surface area contributed by atoms with E-state index in [0.29, 0.717) is 0 Å². The van der Waals surface area contributed by atoms with Crippen LogP contribution in [-0.4, -0.2) is 20.9 Å². The second kappa shape index (κ2) is 4.40. The van der Waals surface area contributed by atoms with Gasteiger partial charge in [-0.2, -0.15) is 0 Å². The van der Waals surface area contributed by atoms with E-state index in [2.05, 4.69) is 0 Å². The van der Waals surface area contributed by atoms with E-state index >= 15 is 0 Å². The van der Waals surface area contributed by atoms with Crippen LogP contribution < -0.4 is 0 Å². The van der Waals surface area contributed by atoms with Crippen LogP contribution >= 0.6 is 0 Å². The first-order valence-corrected chi connectivity index (χ1v) is 4.84. The molecule has 0 aliphatic carbocycles. The third-order valence-corrected chi connectivity index (χ3v) is 2.60. The molecule has 96 valence electrons. The molecule has 0 aliphatic rings. The van der Waals surface area contributed by atoms with Crippen molar-refractivity contribution in [3.05, 3.63) is 44.0 Å². The minimum absolute atomic E-state index is 0.0781. The normalized spacial score (nSPS) is 11.0. The summed E-state index contributed by atoms with van der Waals surface area (Å²) in [5, 5.41) is 30.4. The Kier molecular flexibility index (Phi) is 3.31. The summed E-state index contributed by atoms with van der Waals surface area (Å²) in [6.07, 6.45) is 0. The van der Waals surface area contributed by atoms with E-state index in [1.165, 1.54) is 13.8 Å². The number of rotatable bonds is 4. The first-order valence-electron chi connectivity index (χ1n) is 4.84. The summed E-state index contributed by atoms with van der Waals surface area (Å²) in [7, 11) is 0. The molecule has 8 heteroatoms. The number of nitro groups is 2. The summed E-state index contributed by atoms with van der Waals surface area (Å²) in [5.41, 5.74) is -2.61. The molecular weight excluding hydrogens is 244 g/mol. The molecule has 1 aromatic carbocycles. The van der Waals surface area contributed by atoms with Gasteiger partial charge in [-0.25, -0.2) is 0 Å². The van der Waals surface area contributed by atoms with Crippen LogP contribution in [0.1, 0.15) is 19.4 Å². The lowest BCUT2D eigenvalue weighted by Gasteiger charge is -2.19. The van der Waals surface area contributed by atoms with E-state index in [9.17, 15) is 25.0 Å². The Hall–Kier alpha value is -2.51. The molecule has 0 aliphatic heterocycles. The fourth-order valence-electron chi connectivity index (χ4n) is 1.43. The highest BCUT2D eigenvalue weighted by Crippen LogP contribution is 2.34. The maximum absolute atomic E-state index is 11.1. The Morgan fingerprint density at radius 3 is 2.17 bits per heavy atom. The molecule has 8 nitrogen and oxygen atoms in total. The average molecular weight is 254 g/mol. The summed E-state index contributed by atoms with van der Waals surface area (Å²) in [4.78, 5) is 30.9. The number of carboxylic acid groups (broad SMARTS) is 1. The maximum Gasteiger partial charge on any atom is 0.313 e. The van der Waals surface area contributed by atoms with Crippen LogP contribution in [0.3, 0.4) is 0 Å². The number of hydrogen-bond donors (Lipinski definition) is 1. The number of non-ortho nitro benzene ring substituents is 1. The van der Waals surface area contributed by atoms with Crippen LogP contribution in [0, 0.1) is 20.2 Å². The third kappa shape index (κ3) is 2.26. The van der Waals surface area contributed by atoms with Crippen molar-refractivity contribution in [1.82, 2.24) is 0 Å². The van der Waals surface area contributed by atoms with Gasteiger partial charge in [0.25, 0.3) is 11.4 Å². The lowest BCUT2D eigenvalue weighted by atomic mass is 9.83. The molecule has 0 radical (unpaired) electrons. The monoisotopic (exact) mass is 254 g/mol. The number of nitro benzene ring substituents is 2. The quantitative estimate of drug-likeness (QED) is 0.645. The number of hydrogen-bond acceptors (Lipinski definition) is 5. The number of aliphatic carboxylic acids is 1. The van der Waals surface area contributed by atoms with E-state index in [-0.39, 0.29) is 5.56 Å². The van der Waals surface area contributed by atoms with Crippen molar-refractivity contribution in [2.45, 2.75) is 19.3 Å². The zero-order valence-corrected chi connectivity index (χ0v) is 9.61. The third-order valence-electron chi connectivity index (χ3n) is 2.60. The van der Waals surface area contributed by atoms with Crippen molar-refractivity contribution < 1.29 is 19.7 Å². The molecule has 0 saturated heterocycles. The number of benzene rings is 1. The van der Waals surface area contributed by atoms with E-state index < -0.39 is 32.6 Å². The van der Waals surface area contributed by atoms with E-state index in [1.54, 1.807) is 0 Å². The van der Waals surface area contributed by atoms with Gasteiger partial charge in [-0.05, 0) is 19.9 Å². The molecule has 0 spiro atoms. The number of carbonyl (C=O) groups is 1. The zero-order chi connectivity index (χ0) is 14.1. The van der Waals surface area contributed by atoms with Crippen molar-refractivity contribution in [1.29, 1.82) is 0 Å². The molecule has 0 fully saturated rings. The highest BCUT2D eigenvalue weighted by atomic mass is 16.6. The second-order valence-corrected chi connectivity index (χ2v) is 4.15. The SMILES string of the molecule is CC(C)(C(=O)O)c1ccc([N+](=O)[O-])cc1[N+](=O)[O-]. The molecular formula is C10H10N2O6. The predicted octanol–water partition coefficient (Wildman–Crippen LogP) is 1.87. The molecule has 0 atom stereocenters. The summed E-state index contributed by atoms with van der Waals surface area (Å²) in [5.74, 6) is -1.25. The molecule has 18 heavy (non-hydrogen) atoms. The van der Waals surface area contributed by atoms with Crippen molar-refractivity contribution in [2.75, 3.05) is 0 Å². The number of nitrogens with zero attached hydrogens (tertiary/aromatic N) is 2. The number of carboxylic acids is 1. The molecule has 0 saturated carbocycles. The van der Waals surface area contributed by atoms with Crippen LogP contribution in [0.2, 0.25) is 0 Å². The van der Waals surface area contributed by atoms with Crippen LogP contribution in [-0.2, 0) is 10.2 Å². The van der Waals surface area contributed by atoms with Crippen molar-refractivity contribution in [2.24, 2.45) is 0 Å². The zero-order valence-electron chi connectivity index (χ0n) is 9.61. The summed E-state index contributed by atoms with van der Waals surface area (Å²) in [6, 6.07) is 2.91. The minimum atomic E-state index is -1.50. The fraction of sp³-hybridized carbons (Fsp3) is 0.300. The highest BCUT2D eigenvalue weighted by molar-refractivity contribution is 5.82. The van der Waals surface area contributed by atoms with Gasteiger partial charge in [-0.15, -0.1) is 0 Å². The maximum atomic E-state index is 11.1. The fourth-order valence-corrected chi connectivity index (χ4v) is 1.43. The Bertz CT molecular complexity index is 537. The predicted molar refractivity (Wildman–Crippen MR) is 60.4 cm³/mol. The topological polar surface area (TPSA) is 124 Å². The van der Waals surface area contributed by atoms with Crippen LogP contribution in [0.25, 0.3) is 0 Å². The largest absolute Gasteiger partial charge is 0.481 e. The van der Waals surface area contributed by atoms with Gasteiger partial charge in [0.1, 0.15) is 0 Å². The van der Waals surface area contributed by atoms with Crippen molar-refractivity contribution in [3.63, 3.8) is 0 Å². The molecule has 1 aromatic rings. The molecule has 0 heterocycles. The lowest BCUT2D eigenvalue weighted by Crippen LogP contribution is -2.29. The highest BCUT2D eigenvalue weighted by Gasteiger charge is 2.36. The average Bonchev–Trinajstić information content (AvgIpc) is 2.27. The van der Waals surface area contributed by atoms with Gasteiger partial charge in [-0.3, -0.25) is 25.0 Å². The molecule has 1 N–H and O–H groups in total.